The molecule has 0 saturated carbocycles. The van der Waals surface area contributed by atoms with Crippen molar-refractivity contribution in [1.29, 1.82) is 0 Å². The minimum atomic E-state index is -4.13. The van der Waals surface area contributed by atoms with Crippen LogP contribution in [0.25, 0.3) is 11.2 Å². The van der Waals surface area contributed by atoms with Crippen molar-refractivity contribution in [3.63, 3.8) is 0 Å². The van der Waals surface area contributed by atoms with Crippen molar-refractivity contribution in [2.75, 3.05) is 30.9 Å². The average Bonchev–Trinajstić information content (AvgIpc) is 2.95. The summed E-state index contributed by atoms with van der Waals surface area (Å²) in [5, 5.41) is 0. The number of ether oxygens (including phenoxy) is 1. The Morgan fingerprint density at radius 2 is 1.96 bits per heavy atom. The van der Waals surface area contributed by atoms with E-state index >= 15 is 0 Å². The van der Waals surface area contributed by atoms with Crippen LogP contribution < -0.4 is 4.90 Å². The molecule has 1 fully saturated rings. The van der Waals surface area contributed by atoms with Crippen molar-refractivity contribution in [1.82, 2.24) is 19.5 Å². The molecule has 2 aromatic rings. The number of rotatable bonds is 6. The summed E-state index contributed by atoms with van der Waals surface area (Å²) in [5.41, 5.74) is 1.46. The van der Waals surface area contributed by atoms with E-state index in [0.29, 0.717) is 12.2 Å². The van der Waals surface area contributed by atoms with E-state index in [1.165, 1.54) is 12.7 Å². The third-order valence-electron chi connectivity index (χ3n) is 3.77. The molecule has 0 unspecified atom stereocenters. The van der Waals surface area contributed by atoms with Crippen LogP contribution in [0.1, 0.15) is 19.3 Å². The van der Waals surface area contributed by atoms with Gasteiger partial charge in [-0.05, 0) is 19.3 Å². The SMILES string of the molecule is O=P(O)(O)COCCn1cnc2c(N3CCCCC3)ncnc21. The molecule has 9 nitrogen and oxygen atoms in total. The molecular weight excluding hydrogens is 321 g/mol. The molecule has 3 rings (SSSR count). The van der Waals surface area contributed by atoms with Crippen molar-refractivity contribution >= 4 is 24.6 Å². The summed E-state index contributed by atoms with van der Waals surface area (Å²) in [7, 11) is -4.13. The molecule has 23 heavy (non-hydrogen) atoms. The minimum absolute atomic E-state index is 0.180. The number of piperidine rings is 1. The molecule has 0 spiro atoms. The van der Waals surface area contributed by atoms with Crippen LogP contribution in [0.3, 0.4) is 0 Å². The molecule has 10 heteroatoms. The fraction of sp³-hybridized carbons (Fsp3) is 0.615. The van der Waals surface area contributed by atoms with Gasteiger partial charge in [-0.3, -0.25) is 4.57 Å². The van der Waals surface area contributed by atoms with Crippen molar-refractivity contribution in [2.24, 2.45) is 0 Å². The zero-order chi connectivity index (χ0) is 16.3. The molecule has 2 aromatic heterocycles. The van der Waals surface area contributed by atoms with Gasteiger partial charge in [0.05, 0.1) is 12.9 Å². The van der Waals surface area contributed by atoms with Gasteiger partial charge in [-0.25, -0.2) is 15.0 Å². The van der Waals surface area contributed by atoms with Gasteiger partial charge in [0.15, 0.2) is 17.0 Å². The molecule has 0 bridgehead atoms. The Hall–Kier alpha value is -1.54. The first-order valence-electron chi connectivity index (χ1n) is 7.58. The number of anilines is 1. The van der Waals surface area contributed by atoms with E-state index < -0.39 is 13.9 Å². The molecule has 1 aliphatic heterocycles. The molecule has 0 atom stereocenters. The summed E-state index contributed by atoms with van der Waals surface area (Å²) in [5.74, 6) is 0.851. The van der Waals surface area contributed by atoms with Gasteiger partial charge in [-0.1, -0.05) is 0 Å². The predicted molar refractivity (Wildman–Crippen MR) is 84.3 cm³/mol. The molecule has 3 heterocycles. The molecule has 1 saturated heterocycles. The standard InChI is InChI=1S/C13H20N5O4P/c19-23(20,21)10-22-7-6-18-9-16-11-12(14-8-15-13(11)18)17-4-2-1-3-5-17/h8-9H,1-7,10H2,(H2,19,20,21). The fourth-order valence-corrected chi connectivity index (χ4v) is 3.08. The Kier molecular flexibility index (Phi) is 4.91. The van der Waals surface area contributed by atoms with Crippen LogP contribution in [-0.4, -0.2) is 55.4 Å². The van der Waals surface area contributed by atoms with Crippen molar-refractivity contribution in [2.45, 2.75) is 25.8 Å². The highest BCUT2D eigenvalue weighted by atomic mass is 31.2. The van der Waals surface area contributed by atoms with Crippen LogP contribution in [0.4, 0.5) is 5.82 Å². The summed E-state index contributed by atoms with van der Waals surface area (Å²) in [6, 6.07) is 0. The number of hydrogen-bond donors (Lipinski definition) is 2. The predicted octanol–water partition coefficient (Wildman–Crippen LogP) is 0.968. The zero-order valence-corrected chi connectivity index (χ0v) is 13.6. The summed E-state index contributed by atoms with van der Waals surface area (Å²) in [4.78, 5) is 32.8. The Morgan fingerprint density at radius 3 is 2.70 bits per heavy atom. The second-order valence-electron chi connectivity index (χ2n) is 5.56. The molecule has 0 aromatic carbocycles. The lowest BCUT2D eigenvalue weighted by Gasteiger charge is -2.27. The van der Waals surface area contributed by atoms with Gasteiger partial charge in [-0.15, -0.1) is 0 Å². The number of nitrogens with zero attached hydrogens (tertiary/aromatic N) is 5. The number of aromatic nitrogens is 4. The molecule has 0 aliphatic carbocycles. The smallest absolute Gasteiger partial charge is 0.350 e. The third kappa shape index (κ3) is 4.06. The quantitative estimate of drug-likeness (QED) is 0.590. The van der Waals surface area contributed by atoms with Crippen LogP contribution in [0.2, 0.25) is 0 Å². The fourth-order valence-electron chi connectivity index (χ4n) is 2.72. The van der Waals surface area contributed by atoms with Gasteiger partial charge in [0.1, 0.15) is 12.7 Å². The Bertz CT molecular complexity index is 709. The largest absolute Gasteiger partial charge is 0.367 e. The normalized spacial score (nSPS) is 16.2. The molecule has 0 amide bonds. The molecule has 1 aliphatic rings. The topological polar surface area (TPSA) is 114 Å². The van der Waals surface area contributed by atoms with E-state index in [0.717, 1.165) is 37.3 Å². The zero-order valence-electron chi connectivity index (χ0n) is 12.7. The highest BCUT2D eigenvalue weighted by Crippen LogP contribution is 2.33. The van der Waals surface area contributed by atoms with Crippen LogP contribution in [0, 0.1) is 0 Å². The van der Waals surface area contributed by atoms with Crippen molar-refractivity contribution < 1.29 is 19.1 Å². The summed E-state index contributed by atoms with van der Waals surface area (Å²) in [6.45, 7) is 2.56. The van der Waals surface area contributed by atoms with Crippen LogP contribution in [0.5, 0.6) is 0 Å². The van der Waals surface area contributed by atoms with Crippen LogP contribution in [-0.2, 0) is 15.8 Å². The highest BCUT2D eigenvalue weighted by Gasteiger charge is 2.18. The third-order valence-corrected chi connectivity index (χ3v) is 4.29. The van der Waals surface area contributed by atoms with E-state index in [1.54, 1.807) is 6.33 Å². The maximum Gasteiger partial charge on any atom is 0.350 e. The van der Waals surface area contributed by atoms with Crippen molar-refractivity contribution in [3.8, 4) is 0 Å². The molecule has 126 valence electrons. The van der Waals surface area contributed by atoms with Gasteiger partial charge in [0.25, 0.3) is 0 Å². The second-order valence-corrected chi connectivity index (χ2v) is 7.14. The molecule has 2 N–H and O–H groups in total. The van der Waals surface area contributed by atoms with E-state index in [4.69, 9.17) is 14.5 Å². The monoisotopic (exact) mass is 341 g/mol. The van der Waals surface area contributed by atoms with Gasteiger partial charge in [-0.2, -0.15) is 0 Å². The molecule has 0 radical (unpaired) electrons. The van der Waals surface area contributed by atoms with Gasteiger partial charge in [0, 0.05) is 19.6 Å². The first-order valence-corrected chi connectivity index (χ1v) is 9.37. The highest BCUT2D eigenvalue weighted by molar-refractivity contribution is 7.51. The molecular formula is C13H20N5O4P. The number of fused-ring (bicyclic) bond motifs is 1. The van der Waals surface area contributed by atoms with Gasteiger partial charge >= 0.3 is 7.60 Å². The maximum atomic E-state index is 10.7. The average molecular weight is 341 g/mol. The Balaban J connectivity index is 1.72. The lowest BCUT2D eigenvalue weighted by atomic mass is 10.1. The van der Waals surface area contributed by atoms with E-state index in [1.807, 2.05) is 4.57 Å². The van der Waals surface area contributed by atoms with Crippen molar-refractivity contribution in [3.05, 3.63) is 12.7 Å². The first kappa shape index (κ1) is 16.3. The minimum Gasteiger partial charge on any atom is -0.367 e. The Labute approximate surface area is 133 Å². The van der Waals surface area contributed by atoms with Crippen LogP contribution in [0.15, 0.2) is 12.7 Å². The number of hydrogen-bond acceptors (Lipinski definition) is 6. The second kappa shape index (κ2) is 6.92. The summed E-state index contributed by atoms with van der Waals surface area (Å²) >= 11 is 0. The summed E-state index contributed by atoms with van der Waals surface area (Å²) in [6.07, 6.45) is 6.17. The lowest BCUT2D eigenvalue weighted by molar-refractivity contribution is 0.149. The summed E-state index contributed by atoms with van der Waals surface area (Å²) < 4.78 is 17.6. The van der Waals surface area contributed by atoms with Gasteiger partial charge < -0.3 is 24.0 Å². The van der Waals surface area contributed by atoms with E-state index in [-0.39, 0.29) is 6.61 Å². The Morgan fingerprint density at radius 1 is 1.17 bits per heavy atom. The number of imidazole rings is 1. The van der Waals surface area contributed by atoms with Gasteiger partial charge in [0.2, 0.25) is 0 Å². The lowest BCUT2D eigenvalue weighted by Crippen LogP contribution is -2.30. The van der Waals surface area contributed by atoms with Crippen LogP contribution >= 0.6 is 7.60 Å². The van der Waals surface area contributed by atoms with E-state index in [2.05, 4.69) is 19.9 Å². The van der Waals surface area contributed by atoms with E-state index in [9.17, 15) is 4.57 Å². The maximum absolute atomic E-state index is 10.7. The first-order chi connectivity index (χ1) is 11.0.